The van der Waals surface area contributed by atoms with E-state index < -0.39 is 5.97 Å². The Balaban J connectivity index is 1.72. The number of methoxy groups -OCH3 is 1. The van der Waals surface area contributed by atoms with Gasteiger partial charge < -0.3 is 15.0 Å². The lowest BCUT2D eigenvalue weighted by Crippen LogP contribution is -2.31. The minimum Gasteiger partial charge on any atom is -0.464 e. The lowest BCUT2D eigenvalue weighted by atomic mass is 10.1. The number of aromatic nitrogens is 4. The van der Waals surface area contributed by atoms with Gasteiger partial charge in [-0.05, 0) is 25.3 Å². The van der Waals surface area contributed by atoms with E-state index in [1.165, 1.54) is 26.4 Å². The zero-order valence-electron chi connectivity index (χ0n) is 12.4. The van der Waals surface area contributed by atoms with Gasteiger partial charge >= 0.3 is 5.97 Å². The van der Waals surface area contributed by atoms with E-state index in [0.717, 1.165) is 13.1 Å². The second-order valence-electron chi connectivity index (χ2n) is 5.07. The van der Waals surface area contributed by atoms with E-state index >= 15 is 0 Å². The Morgan fingerprint density at radius 3 is 2.91 bits per heavy atom. The van der Waals surface area contributed by atoms with Gasteiger partial charge in [-0.1, -0.05) is 0 Å². The summed E-state index contributed by atoms with van der Waals surface area (Å²) in [7, 11) is 1.32. The molecule has 116 valence electrons. The van der Waals surface area contributed by atoms with Crippen molar-refractivity contribution < 1.29 is 9.53 Å². The van der Waals surface area contributed by atoms with Crippen molar-refractivity contribution in [1.29, 1.82) is 0 Å². The molecule has 0 aromatic carbocycles. The van der Waals surface area contributed by atoms with Crippen molar-refractivity contribution in [3.05, 3.63) is 24.0 Å². The molecular weight excluding hydrogens is 284 g/mol. The highest BCUT2D eigenvalue weighted by atomic mass is 16.5. The summed E-state index contributed by atoms with van der Waals surface area (Å²) < 4.78 is 4.63. The molecule has 1 aliphatic heterocycles. The summed E-state index contributed by atoms with van der Waals surface area (Å²) in [5, 5.41) is 9.68. The number of carbonyl (C=O) groups is 1. The van der Waals surface area contributed by atoms with Gasteiger partial charge in [-0.3, -0.25) is 5.10 Å². The first-order chi connectivity index (χ1) is 10.8. The highest BCUT2D eigenvalue weighted by Crippen LogP contribution is 2.19. The van der Waals surface area contributed by atoms with Crippen molar-refractivity contribution >= 4 is 23.6 Å². The first kappa shape index (κ1) is 14.3. The molecule has 0 amide bonds. The van der Waals surface area contributed by atoms with Crippen molar-refractivity contribution in [3.63, 3.8) is 0 Å². The Kier molecular flexibility index (Phi) is 4.17. The van der Waals surface area contributed by atoms with Gasteiger partial charge in [0.1, 0.15) is 11.5 Å². The zero-order chi connectivity index (χ0) is 15.4. The molecule has 1 aliphatic rings. The normalized spacial score (nSPS) is 14.7. The number of hydrogen-bond acceptors (Lipinski definition) is 7. The Labute approximate surface area is 127 Å². The molecule has 3 rings (SSSR count). The molecule has 1 saturated heterocycles. The molecule has 0 aliphatic carbocycles. The smallest absolute Gasteiger partial charge is 0.356 e. The topological polar surface area (TPSA) is 96.0 Å². The lowest BCUT2D eigenvalue weighted by molar-refractivity contribution is 0.0594. The van der Waals surface area contributed by atoms with E-state index in [1.54, 1.807) is 18.3 Å². The average Bonchev–Trinajstić information content (AvgIpc) is 3.04. The van der Waals surface area contributed by atoms with E-state index in [2.05, 4.69) is 35.1 Å². The molecule has 22 heavy (non-hydrogen) atoms. The maximum Gasteiger partial charge on any atom is 0.356 e. The van der Waals surface area contributed by atoms with Gasteiger partial charge in [0.05, 0.1) is 7.11 Å². The molecule has 8 nitrogen and oxygen atoms in total. The highest BCUT2D eigenvalue weighted by molar-refractivity contribution is 5.88. The van der Waals surface area contributed by atoms with E-state index in [4.69, 9.17) is 0 Å². The maximum absolute atomic E-state index is 11.4. The molecule has 0 radical (unpaired) electrons. The van der Waals surface area contributed by atoms with Gasteiger partial charge in [-0.15, -0.1) is 0 Å². The van der Waals surface area contributed by atoms with Crippen LogP contribution >= 0.6 is 0 Å². The third-order valence-electron chi connectivity index (χ3n) is 3.52. The van der Waals surface area contributed by atoms with Crippen LogP contribution in [0, 0.1) is 0 Å². The third kappa shape index (κ3) is 3.16. The first-order valence-corrected chi connectivity index (χ1v) is 7.25. The number of ether oxygens (including phenoxy) is 1. The quantitative estimate of drug-likeness (QED) is 0.830. The summed E-state index contributed by atoms with van der Waals surface area (Å²) in [5.41, 5.74) is 0.287. The summed E-state index contributed by atoms with van der Waals surface area (Å²) in [6.07, 6.45) is 5.32. The molecule has 2 aromatic rings. The van der Waals surface area contributed by atoms with E-state index in [9.17, 15) is 4.79 Å². The first-order valence-electron chi connectivity index (χ1n) is 7.25. The SMILES string of the molecule is COC(=O)c1cc(Nc2ccnc(N3CCCCC3)n2)n[nH]1. The lowest BCUT2D eigenvalue weighted by Gasteiger charge is -2.26. The fraction of sp³-hybridized carbons (Fsp3) is 0.429. The van der Waals surface area contributed by atoms with Crippen LogP contribution in [0.3, 0.4) is 0 Å². The third-order valence-corrected chi connectivity index (χ3v) is 3.52. The molecule has 2 aromatic heterocycles. The highest BCUT2D eigenvalue weighted by Gasteiger charge is 2.14. The number of esters is 1. The van der Waals surface area contributed by atoms with Gasteiger partial charge in [-0.2, -0.15) is 10.1 Å². The van der Waals surface area contributed by atoms with Crippen LogP contribution in [-0.2, 0) is 4.74 Å². The molecule has 8 heteroatoms. The minimum atomic E-state index is -0.461. The summed E-state index contributed by atoms with van der Waals surface area (Å²) in [5.74, 6) is 1.40. The van der Waals surface area contributed by atoms with Crippen LogP contribution in [0.25, 0.3) is 0 Å². The number of hydrogen-bond donors (Lipinski definition) is 2. The predicted octanol–water partition coefficient (Wildman–Crippen LogP) is 1.72. The summed E-state index contributed by atoms with van der Waals surface area (Å²) in [6, 6.07) is 3.34. The van der Waals surface area contributed by atoms with Gasteiger partial charge in [0, 0.05) is 25.4 Å². The van der Waals surface area contributed by atoms with Gasteiger partial charge in [0.25, 0.3) is 0 Å². The number of nitrogens with zero attached hydrogens (tertiary/aromatic N) is 4. The van der Waals surface area contributed by atoms with Gasteiger partial charge in [0.15, 0.2) is 5.82 Å². The number of aromatic amines is 1. The van der Waals surface area contributed by atoms with Crippen molar-refractivity contribution in [3.8, 4) is 0 Å². The summed E-state index contributed by atoms with van der Waals surface area (Å²) in [4.78, 5) is 22.4. The minimum absolute atomic E-state index is 0.287. The van der Waals surface area contributed by atoms with Crippen LogP contribution in [0.1, 0.15) is 29.8 Å². The summed E-state index contributed by atoms with van der Waals surface area (Å²) >= 11 is 0. The number of nitrogens with one attached hydrogen (secondary N) is 2. The Bertz CT molecular complexity index is 650. The van der Waals surface area contributed by atoms with Crippen molar-refractivity contribution in [2.24, 2.45) is 0 Å². The molecule has 2 N–H and O–H groups in total. The van der Waals surface area contributed by atoms with E-state index in [-0.39, 0.29) is 5.69 Å². The number of piperidine rings is 1. The molecule has 0 unspecified atom stereocenters. The predicted molar refractivity (Wildman–Crippen MR) is 81.3 cm³/mol. The monoisotopic (exact) mass is 302 g/mol. The van der Waals surface area contributed by atoms with Gasteiger partial charge in [0.2, 0.25) is 5.95 Å². The van der Waals surface area contributed by atoms with Crippen molar-refractivity contribution in [2.45, 2.75) is 19.3 Å². The largest absolute Gasteiger partial charge is 0.464 e. The average molecular weight is 302 g/mol. The van der Waals surface area contributed by atoms with Crippen LogP contribution in [0.4, 0.5) is 17.6 Å². The Morgan fingerprint density at radius 1 is 1.32 bits per heavy atom. The zero-order valence-corrected chi connectivity index (χ0v) is 12.4. The fourth-order valence-corrected chi connectivity index (χ4v) is 2.40. The number of anilines is 3. The Morgan fingerprint density at radius 2 is 2.14 bits per heavy atom. The van der Waals surface area contributed by atoms with Crippen LogP contribution in [0.2, 0.25) is 0 Å². The molecule has 0 saturated carbocycles. The molecular formula is C14H18N6O2. The summed E-state index contributed by atoms with van der Waals surface area (Å²) in [6.45, 7) is 1.97. The molecule has 0 bridgehead atoms. The second-order valence-corrected chi connectivity index (χ2v) is 5.07. The van der Waals surface area contributed by atoms with Gasteiger partial charge in [-0.25, -0.2) is 9.78 Å². The van der Waals surface area contributed by atoms with Crippen LogP contribution in [-0.4, -0.2) is 46.3 Å². The number of carbonyl (C=O) groups excluding carboxylic acids is 1. The molecule has 0 atom stereocenters. The fourth-order valence-electron chi connectivity index (χ4n) is 2.40. The van der Waals surface area contributed by atoms with Crippen LogP contribution < -0.4 is 10.2 Å². The maximum atomic E-state index is 11.4. The Hall–Kier alpha value is -2.64. The van der Waals surface area contributed by atoms with Crippen LogP contribution in [0.15, 0.2) is 18.3 Å². The number of H-pyrrole nitrogens is 1. The molecule has 1 fully saturated rings. The standard InChI is InChI=1S/C14H18N6O2/c1-22-13(21)10-9-12(19-18-10)16-11-5-6-15-14(17-11)20-7-3-2-4-8-20/h5-6,9H,2-4,7-8H2,1H3,(H2,15,16,17,18,19). The molecule has 0 spiro atoms. The second kappa shape index (κ2) is 6.42. The van der Waals surface area contributed by atoms with E-state index in [1.807, 2.05) is 0 Å². The molecule has 3 heterocycles. The van der Waals surface area contributed by atoms with E-state index in [0.29, 0.717) is 17.6 Å². The van der Waals surface area contributed by atoms with Crippen molar-refractivity contribution in [1.82, 2.24) is 20.2 Å². The van der Waals surface area contributed by atoms with Crippen molar-refractivity contribution in [2.75, 3.05) is 30.4 Å². The number of rotatable bonds is 4. The van der Waals surface area contributed by atoms with Crippen LogP contribution in [0.5, 0.6) is 0 Å².